The molecule has 1 N–H and O–H groups in total. The van der Waals surface area contributed by atoms with E-state index < -0.39 is 0 Å². The van der Waals surface area contributed by atoms with Gasteiger partial charge in [-0.1, -0.05) is 38.0 Å². The number of para-hydroxylation sites is 1. The molecule has 0 spiro atoms. The Balaban J connectivity index is 2.24. The van der Waals surface area contributed by atoms with Crippen molar-refractivity contribution in [1.82, 2.24) is 0 Å². The predicted octanol–water partition coefficient (Wildman–Crippen LogP) is 3.51. The average Bonchev–Trinajstić information content (AvgIpc) is 2.91. The number of aliphatic hydroxyl groups is 1. The van der Waals surface area contributed by atoms with Crippen molar-refractivity contribution in [3.63, 3.8) is 0 Å². The standard InChI is InChI=1S/C15H23NO/c1-3-15(17)13-10-6-7-11-14(13)16(2)12-8-4-5-9-12/h6-7,10-12,15,17H,3-5,8-9H2,1-2H3. The van der Waals surface area contributed by atoms with Crippen molar-refractivity contribution in [2.75, 3.05) is 11.9 Å². The number of hydrogen-bond donors (Lipinski definition) is 1. The lowest BCUT2D eigenvalue weighted by molar-refractivity contribution is 0.174. The molecule has 1 saturated carbocycles. The first kappa shape index (κ1) is 12.4. The summed E-state index contributed by atoms with van der Waals surface area (Å²) >= 11 is 0. The lowest BCUT2D eigenvalue weighted by Crippen LogP contribution is -2.29. The van der Waals surface area contributed by atoms with Gasteiger partial charge in [0.1, 0.15) is 0 Å². The smallest absolute Gasteiger partial charge is 0.0807 e. The van der Waals surface area contributed by atoms with E-state index in [0.717, 1.165) is 12.0 Å². The zero-order chi connectivity index (χ0) is 12.3. The van der Waals surface area contributed by atoms with Gasteiger partial charge in [0, 0.05) is 24.3 Å². The van der Waals surface area contributed by atoms with Gasteiger partial charge in [-0.15, -0.1) is 0 Å². The van der Waals surface area contributed by atoms with Crippen LogP contribution in [0.2, 0.25) is 0 Å². The van der Waals surface area contributed by atoms with Gasteiger partial charge in [-0.2, -0.15) is 0 Å². The molecule has 2 nitrogen and oxygen atoms in total. The predicted molar refractivity (Wildman–Crippen MR) is 72.4 cm³/mol. The van der Waals surface area contributed by atoms with Crippen LogP contribution in [-0.4, -0.2) is 18.2 Å². The zero-order valence-electron chi connectivity index (χ0n) is 10.9. The Hall–Kier alpha value is -1.02. The molecule has 17 heavy (non-hydrogen) atoms. The van der Waals surface area contributed by atoms with Gasteiger partial charge in [0.05, 0.1) is 6.10 Å². The molecule has 2 rings (SSSR count). The zero-order valence-corrected chi connectivity index (χ0v) is 10.9. The van der Waals surface area contributed by atoms with E-state index in [-0.39, 0.29) is 6.10 Å². The Morgan fingerprint density at radius 2 is 1.94 bits per heavy atom. The third-order valence-electron chi connectivity index (χ3n) is 3.93. The molecule has 1 fully saturated rings. The van der Waals surface area contributed by atoms with Crippen molar-refractivity contribution in [3.05, 3.63) is 29.8 Å². The van der Waals surface area contributed by atoms with Crippen LogP contribution < -0.4 is 4.90 Å². The molecule has 0 aliphatic heterocycles. The van der Waals surface area contributed by atoms with Crippen LogP contribution in [0.25, 0.3) is 0 Å². The highest BCUT2D eigenvalue weighted by Crippen LogP contribution is 2.32. The van der Waals surface area contributed by atoms with Crippen LogP contribution in [0.4, 0.5) is 5.69 Å². The van der Waals surface area contributed by atoms with Crippen molar-refractivity contribution in [2.45, 2.75) is 51.2 Å². The maximum atomic E-state index is 10.1. The normalized spacial score (nSPS) is 18.3. The lowest BCUT2D eigenvalue weighted by Gasteiger charge is -2.29. The summed E-state index contributed by atoms with van der Waals surface area (Å²) in [7, 11) is 2.16. The van der Waals surface area contributed by atoms with Crippen molar-refractivity contribution in [3.8, 4) is 0 Å². The van der Waals surface area contributed by atoms with Gasteiger partial charge in [-0.25, -0.2) is 0 Å². The highest BCUT2D eigenvalue weighted by Gasteiger charge is 2.22. The molecular formula is C15H23NO. The van der Waals surface area contributed by atoms with E-state index in [4.69, 9.17) is 0 Å². The molecule has 0 heterocycles. The number of rotatable bonds is 4. The van der Waals surface area contributed by atoms with Crippen LogP contribution in [0.15, 0.2) is 24.3 Å². The minimum absolute atomic E-state index is 0.338. The maximum Gasteiger partial charge on any atom is 0.0807 e. The Kier molecular flexibility index (Phi) is 4.06. The van der Waals surface area contributed by atoms with E-state index in [2.05, 4.69) is 30.1 Å². The minimum atomic E-state index is -0.338. The molecule has 0 amide bonds. The van der Waals surface area contributed by atoms with Crippen molar-refractivity contribution in [1.29, 1.82) is 0 Å². The molecule has 1 aliphatic carbocycles. The average molecular weight is 233 g/mol. The van der Waals surface area contributed by atoms with Gasteiger partial charge in [0.2, 0.25) is 0 Å². The van der Waals surface area contributed by atoms with Crippen molar-refractivity contribution in [2.24, 2.45) is 0 Å². The molecule has 94 valence electrons. The molecular weight excluding hydrogens is 210 g/mol. The summed E-state index contributed by atoms with van der Waals surface area (Å²) in [5.41, 5.74) is 2.28. The summed E-state index contributed by atoms with van der Waals surface area (Å²) in [6.07, 6.45) is 5.69. The molecule has 1 atom stereocenters. The second-order valence-electron chi connectivity index (χ2n) is 5.03. The van der Waals surface area contributed by atoms with Gasteiger partial charge in [-0.3, -0.25) is 0 Å². The van der Waals surface area contributed by atoms with Crippen LogP contribution in [0, 0.1) is 0 Å². The molecule has 0 bridgehead atoms. The largest absolute Gasteiger partial charge is 0.388 e. The van der Waals surface area contributed by atoms with Crippen LogP contribution in [0.5, 0.6) is 0 Å². The second kappa shape index (κ2) is 5.54. The summed E-state index contributed by atoms with van der Waals surface area (Å²) < 4.78 is 0. The molecule has 1 aromatic rings. The minimum Gasteiger partial charge on any atom is -0.388 e. The number of hydrogen-bond acceptors (Lipinski definition) is 2. The van der Waals surface area contributed by atoms with E-state index in [1.807, 2.05) is 13.0 Å². The number of anilines is 1. The summed E-state index contributed by atoms with van der Waals surface area (Å²) in [5.74, 6) is 0. The lowest BCUT2D eigenvalue weighted by atomic mass is 10.0. The Bertz CT molecular complexity index is 358. The fourth-order valence-electron chi connectivity index (χ4n) is 2.80. The summed E-state index contributed by atoms with van der Waals surface area (Å²) in [6, 6.07) is 8.91. The van der Waals surface area contributed by atoms with E-state index in [9.17, 15) is 5.11 Å². The molecule has 1 unspecified atom stereocenters. The van der Waals surface area contributed by atoms with Crippen LogP contribution in [0.1, 0.15) is 50.7 Å². The Labute approximate surface area is 104 Å². The maximum absolute atomic E-state index is 10.1. The number of aliphatic hydroxyl groups excluding tert-OH is 1. The van der Waals surface area contributed by atoms with Crippen LogP contribution in [0.3, 0.4) is 0 Å². The van der Waals surface area contributed by atoms with Crippen molar-refractivity contribution >= 4 is 5.69 Å². The van der Waals surface area contributed by atoms with E-state index in [1.54, 1.807) is 0 Å². The molecule has 0 radical (unpaired) electrons. The topological polar surface area (TPSA) is 23.5 Å². The van der Waals surface area contributed by atoms with E-state index in [0.29, 0.717) is 6.04 Å². The van der Waals surface area contributed by atoms with Crippen LogP contribution in [-0.2, 0) is 0 Å². The first-order chi connectivity index (χ1) is 8.24. The quantitative estimate of drug-likeness (QED) is 0.860. The van der Waals surface area contributed by atoms with Gasteiger partial charge in [-0.05, 0) is 25.3 Å². The highest BCUT2D eigenvalue weighted by molar-refractivity contribution is 5.55. The van der Waals surface area contributed by atoms with Gasteiger partial charge < -0.3 is 10.0 Å². The molecule has 0 aromatic heterocycles. The third kappa shape index (κ3) is 2.63. The van der Waals surface area contributed by atoms with Gasteiger partial charge >= 0.3 is 0 Å². The summed E-state index contributed by atoms with van der Waals surface area (Å²) in [5, 5.41) is 10.1. The molecule has 0 saturated heterocycles. The van der Waals surface area contributed by atoms with E-state index >= 15 is 0 Å². The molecule has 2 heteroatoms. The second-order valence-corrected chi connectivity index (χ2v) is 5.03. The highest BCUT2D eigenvalue weighted by atomic mass is 16.3. The first-order valence-electron chi connectivity index (χ1n) is 6.74. The summed E-state index contributed by atoms with van der Waals surface area (Å²) in [4.78, 5) is 2.36. The molecule has 1 aromatic carbocycles. The van der Waals surface area contributed by atoms with Gasteiger partial charge in [0.15, 0.2) is 0 Å². The summed E-state index contributed by atoms with van der Waals surface area (Å²) in [6.45, 7) is 2.02. The third-order valence-corrected chi connectivity index (χ3v) is 3.93. The number of nitrogens with zero attached hydrogens (tertiary/aromatic N) is 1. The van der Waals surface area contributed by atoms with Gasteiger partial charge in [0.25, 0.3) is 0 Å². The monoisotopic (exact) mass is 233 g/mol. The fourth-order valence-corrected chi connectivity index (χ4v) is 2.80. The SMILES string of the molecule is CCC(O)c1ccccc1N(C)C1CCCC1. The first-order valence-corrected chi connectivity index (χ1v) is 6.74. The van der Waals surface area contributed by atoms with E-state index in [1.165, 1.54) is 31.4 Å². The Morgan fingerprint density at radius 1 is 1.29 bits per heavy atom. The van der Waals surface area contributed by atoms with Crippen LogP contribution >= 0.6 is 0 Å². The number of benzene rings is 1. The fraction of sp³-hybridized carbons (Fsp3) is 0.600. The molecule has 1 aliphatic rings. The van der Waals surface area contributed by atoms with Crippen molar-refractivity contribution < 1.29 is 5.11 Å². The Morgan fingerprint density at radius 3 is 2.59 bits per heavy atom.